The van der Waals surface area contributed by atoms with Gasteiger partial charge < -0.3 is 10.4 Å². The predicted molar refractivity (Wildman–Crippen MR) is 51.3 cm³/mol. The highest BCUT2D eigenvalue weighted by atomic mass is 19.1. The van der Waals surface area contributed by atoms with Gasteiger partial charge in [0.15, 0.2) is 5.83 Å². The molecule has 0 aliphatic carbocycles. The molecule has 14 heavy (non-hydrogen) atoms. The number of carbonyl (C=O) groups is 1. The fourth-order valence-corrected chi connectivity index (χ4v) is 0.885. The predicted octanol–water partition coefficient (Wildman–Crippen LogP) is 1.47. The highest BCUT2D eigenvalue weighted by molar-refractivity contribution is 6.01. The molecule has 0 aliphatic heterocycles. The minimum absolute atomic E-state index is 0.492. The lowest BCUT2D eigenvalue weighted by molar-refractivity contribution is -0.114. The minimum atomic E-state index is -0.989. The lowest BCUT2D eigenvalue weighted by atomic mass is 10.3. The van der Waals surface area contributed by atoms with Crippen LogP contribution in [0.4, 0.5) is 10.1 Å². The Labute approximate surface area is 80.9 Å². The molecule has 3 nitrogen and oxygen atoms in total. The van der Waals surface area contributed by atoms with Crippen molar-refractivity contribution in [3.05, 3.63) is 42.2 Å². The molecule has 4 heteroatoms. The number of aliphatic hydroxyl groups excluding tert-OH is 1. The van der Waals surface area contributed by atoms with Crippen LogP contribution in [0.2, 0.25) is 0 Å². The summed E-state index contributed by atoms with van der Waals surface area (Å²) in [5, 5.41) is 10.7. The summed E-state index contributed by atoms with van der Waals surface area (Å²) >= 11 is 0. The molecule has 1 aromatic rings. The van der Waals surface area contributed by atoms with E-state index in [9.17, 15) is 9.18 Å². The topological polar surface area (TPSA) is 49.3 Å². The van der Waals surface area contributed by atoms with Gasteiger partial charge in [0.25, 0.3) is 5.91 Å². The Bertz CT molecular complexity index is 335. The number of aliphatic hydroxyl groups is 1. The van der Waals surface area contributed by atoms with Crippen molar-refractivity contribution in [1.82, 2.24) is 0 Å². The summed E-state index contributed by atoms with van der Waals surface area (Å²) in [6.07, 6.45) is 0.804. The first-order valence-electron chi connectivity index (χ1n) is 4.07. The zero-order valence-corrected chi connectivity index (χ0v) is 7.40. The number of carbonyl (C=O) groups excluding carboxylic acids is 1. The fraction of sp³-hybridized carbons (Fsp3) is 0.100. The van der Waals surface area contributed by atoms with E-state index in [4.69, 9.17) is 5.11 Å². The van der Waals surface area contributed by atoms with Crippen LogP contribution in [0.3, 0.4) is 0 Å². The van der Waals surface area contributed by atoms with Crippen molar-refractivity contribution in [3.8, 4) is 0 Å². The van der Waals surface area contributed by atoms with Crippen LogP contribution in [0, 0.1) is 0 Å². The quantitative estimate of drug-likeness (QED) is 0.717. The Morgan fingerprint density at radius 2 is 2.07 bits per heavy atom. The average Bonchev–Trinajstić information content (AvgIpc) is 2.19. The van der Waals surface area contributed by atoms with Gasteiger partial charge >= 0.3 is 0 Å². The Hall–Kier alpha value is -1.68. The Morgan fingerprint density at radius 3 is 2.64 bits per heavy atom. The fourth-order valence-electron chi connectivity index (χ4n) is 0.885. The Morgan fingerprint density at radius 1 is 1.43 bits per heavy atom. The summed E-state index contributed by atoms with van der Waals surface area (Å²) in [5.41, 5.74) is 0.513. The first kappa shape index (κ1) is 10.4. The van der Waals surface area contributed by atoms with Crippen molar-refractivity contribution in [1.29, 1.82) is 0 Å². The monoisotopic (exact) mass is 195 g/mol. The molecule has 0 radical (unpaired) electrons. The first-order chi connectivity index (χ1) is 6.74. The van der Waals surface area contributed by atoms with Crippen molar-refractivity contribution in [2.45, 2.75) is 0 Å². The molecule has 1 amide bonds. The Balaban J connectivity index is 2.62. The van der Waals surface area contributed by atoms with Crippen molar-refractivity contribution in [2.24, 2.45) is 0 Å². The third kappa shape index (κ3) is 2.99. The molecule has 1 rings (SSSR count). The van der Waals surface area contributed by atoms with Crippen LogP contribution in [-0.4, -0.2) is 17.6 Å². The van der Waals surface area contributed by atoms with Gasteiger partial charge in [0.2, 0.25) is 0 Å². The maximum atomic E-state index is 12.8. The van der Waals surface area contributed by atoms with E-state index in [1.54, 1.807) is 30.3 Å². The minimum Gasteiger partial charge on any atom is -0.392 e. The second-order valence-corrected chi connectivity index (χ2v) is 2.55. The van der Waals surface area contributed by atoms with Crippen molar-refractivity contribution in [3.63, 3.8) is 0 Å². The molecule has 1 aromatic carbocycles. The SMILES string of the molecule is O=C(Nc1ccccc1)/C(F)=C/CO. The number of halogens is 1. The third-order valence-corrected chi connectivity index (χ3v) is 1.52. The summed E-state index contributed by atoms with van der Waals surface area (Å²) in [6.45, 7) is -0.492. The lowest BCUT2D eigenvalue weighted by Crippen LogP contribution is -2.12. The summed E-state index contributed by atoms with van der Waals surface area (Å²) in [6, 6.07) is 8.52. The van der Waals surface area contributed by atoms with E-state index in [2.05, 4.69) is 5.32 Å². The highest BCUT2D eigenvalue weighted by Crippen LogP contribution is 2.07. The smallest absolute Gasteiger partial charge is 0.284 e. The number of para-hydroxylation sites is 1. The molecule has 0 aliphatic rings. The van der Waals surface area contributed by atoms with Crippen molar-refractivity contribution >= 4 is 11.6 Å². The second-order valence-electron chi connectivity index (χ2n) is 2.55. The largest absolute Gasteiger partial charge is 0.392 e. The van der Waals surface area contributed by atoms with Gasteiger partial charge in [0.05, 0.1) is 6.61 Å². The van der Waals surface area contributed by atoms with Crippen molar-refractivity contribution in [2.75, 3.05) is 11.9 Å². The zero-order chi connectivity index (χ0) is 10.4. The van der Waals surface area contributed by atoms with E-state index in [0.717, 1.165) is 6.08 Å². The standard InChI is InChI=1S/C10H10FNO2/c11-9(6-7-13)10(14)12-8-4-2-1-3-5-8/h1-6,13H,7H2,(H,12,14)/b9-6-. The number of hydrogen-bond acceptors (Lipinski definition) is 2. The molecule has 0 heterocycles. The van der Waals surface area contributed by atoms with Gasteiger partial charge in [-0.3, -0.25) is 4.79 Å². The summed E-state index contributed by atoms with van der Waals surface area (Å²) in [7, 11) is 0. The summed E-state index contributed by atoms with van der Waals surface area (Å²) < 4.78 is 12.8. The number of nitrogens with one attached hydrogen (secondary N) is 1. The molecule has 2 N–H and O–H groups in total. The molecule has 0 spiro atoms. The molecule has 0 atom stereocenters. The van der Waals surface area contributed by atoms with E-state index in [1.165, 1.54) is 0 Å². The molecule has 0 saturated carbocycles. The molecule has 74 valence electrons. The molecular formula is C10H10FNO2. The van der Waals surface area contributed by atoms with E-state index in [1.807, 2.05) is 0 Å². The summed E-state index contributed by atoms with van der Waals surface area (Å²) in [4.78, 5) is 11.0. The average molecular weight is 195 g/mol. The van der Waals surface area contributed by atoms with Crippen LogP contribution in [0.5, 0.6) is 0 Å². The normalized spacial score (nSPS) is 11.1. The van der Waals surface area contributed by atoms with Gasteiger partial charge in [-0.25, -0.2) is 4.39 Å². The highest BCUT2D eigenvalue weighted by Gasteiger charge is 2.07. The maximum absolute atomic E-state index is 12.8. The maximum Gasteiger partial charge on any atom is 0.284 e. The number of rotatable bonds is 3. The van der Waals surface area contributed by atoms with Gasteiger partial charge in [-0.15, -0.1) is 0 Å². The van der Waals surface area contributed by atoms with Crippen LogP contribution in [0.15, 0.2) is 42.2 Å². The van der Waals surface area contributed by atoms with Gasteiger partial charge in [-0.2, -0.15) is 0 Å². The van der Waals surface area contributed by atoms with E-state index >= 15 is 0 Å². The van der Waals surface area contributed by atoms with Crippen LogP contribution in [0.25, 0.3) is 0 Å². The number of amides is 1. The third-order valence-electron chi connectivity index (χ3n) is 1.52. The van der Waals surface area contributed by atoms with Gasteiger partial charge in [-0.05, 0) is 18.2 Å². The van der Waals surface area contributed by atoms with E-state index < -0.39 is 18.3 Å². The molecular weight excluding hydrogens is 185 g/mol. The van der Waals surface area contributed by atoms with Crippen LogP contribution >= 0.6 is 0 Å². The van der Waals surface area contributed by atoms with Crippen LogP contribution < -0.4 is 5.32 Å². The first-order valence-corrected chi connectivity index (χ1v) is 4.07. The van der Waals surface area contributed by atoms with Gasteiger partial charge in [0, 0.05) is 5.69 Å². The molecule has 0 unspecified atom stereocenters. The van der Waals surface area contributed by atoms with Gasteiger partial charge in [0.1, 0.15) is 0 Å². The van der Waals surface area contributed by atoms with E-state index in [-0.39, 0.29) is 0 Å². The number of hydrogen-bond donors (Lipinski definition) is 2. The van der Waals surface area contributed by atoms with Crippen molar-refractivity contribution < 1.29 is 14.3 Å². The zero-order valence-electron chi connectivity index (χ0n) is 7.40. The lowest BCUT2D eigenvalue weighted by Gasteiger charge is -2.01. The van der Waals surface area contributed by atoms with E-state index in [0.29, 0.717) is 5.69 Å². The number of benzene rings is 1. The summed E-state index contributed by atoms with van der Waals surface area (Å²) in [5.74, 6) is -1.85. The molecule has 0 saturated heterocycles. The second kappa shape index (κ2) is 5.14. The Kier molecular flexibility index (Phi) is 3.82. The van der Waals surface area contributed by atoms with Gasteiger partial charge in [-0.1, -0.05) is 18.2 Å². The van der Waals surface area contributed by atoms with Crippen LogP contribution in [-0.2, 0) is 4.79 Å². The molecule has 0 bridgehead atoms. The van der Waals surface area contributed by atoms with Crippen LogP contribution in [0.1, 0.15) is 0 Å². The molecule has 0 fully saturated rings. The molecule has 0 aromatic heterocycles. The number of anilines is 1.